The zero-order valence-corrected chi connectivity index (χ0v) is 27.9. The maximum atomic E-state index is 9.49. The van der Waals surface area contributed by atoms with Crippen LogP contribution in [0.15, 0.2) is 78.4 Å². The van der Waals surface area contributed by atoms with Gasteiger partial charge in [0.1, 0.15) is 0 Å². The minimum atomic E-state index is -0.0281. The summed E-state index contributed by atoms with van der Waals surface area (Å²) in [5.74, 6) is 1.29. The van der Waals surface area contributed by atoms with Crippen molar-refractivity contribution in [3.8, 4) is 6.07 Å². The van der Waals surface area contributed by atoms with Crippen molar-refractivity contribution in [1.82, 2.24) is 15.2 Å². The highest BCUT2D eigenvalue weighted by atomic mass is 15.4. The third-order valence-corrected chi connectivity index (χ3v) is 12.9. The predicted octanol–water partition coefficient (Wildman–Crippen LogP) is 8.90. The van der Waals surface area contributed by atoms with Crippen molar-refractivity contribution in [2.75, 3.05) is 4.90 Å². The van der Waals surface area contributed by atoms with Gasteiger partial charge in [-0.05, 0) is 101 Å². The second-order valence-corrected chi connectivity index (χ2v) is 15.4. The van der Waals surface area contributed by atoms with E-state index in [2.05, 4.69) is 112 Å². The Labute approximate surface area is 280 Å². The Hall–Kier alpha value is -3.59. The quantitative estimate of drug-likeness (QED) is 0.285. The van der Waals surface area contributed by atoms with Crippen LogP contribution in [0.4, 0.5) is 5.69 Å². The van der Waals surface area contributed by atoms with Crippen LogP contribution in [0.1, 0.15) is 106 Å². The average molecular weight is 624 g/mol. The molecule has 2 N–H and O–H groups in total. The van der Waals surface area contributed by atoms with Crippen LogP contribution in [0, 0.1) is 23.2 Å². The van der Waals surface area contributed by atoms with Crippen molar-refractivity contribution in [1.29, 1.82) is 5.26 Å². The van der Waals surface area contributed by atoms with E-state index in [9.17, 15) is 5.26 Å². The number of anilines is 1. The maximum absolute atomic E-state index is 9.49. The van der Waals surface area contributed by atoms with Crippen LogP contribution in [-0.4, -0.2) is 28.4 Å². The lowest BCUT2D eigenvalue weighted by Gasteiger charge is -2.51. The molecule has 5 heteroatoms. The molecule has 0 radical (unpaired) electrons. The summed E-state index contributed by atoms with van der Waals surface area (Å²) >= 11 is 0. The van der Waals surface area contributed by atoms with Crippen LogP contribution in [0.2, 0.25) is 0 Å². The van der Waals surface area contributed by atoms with E-state index in [1.807, 2.05) is 0 Å². The number of allylic oxidation sites excluding steroid dienone is 3. The lowest BCUT2D eigenvalue weighted by atomic mass is 9.76. The summed E-state index contributed by atoms with van der Waals surface area (Å²) in [6, 6.07) is 21.9. The summed E-state index contributed by atoms with van der Waals surface area (Å²) in [7, 11) is 0. The summed E-state index contributed by atoms with van der Waals surface area (Å²) < 4.78 is 2.72. The standard InChI is InChI=1S/C42H49N5/c1-42-24-9-8-14-34(42)33-13-4-7-19-39(33)47(42)41-26-30(36-16-10-15-35(44-36)29-22-20-28(27-43)21-23-29)25-40(45-41)46-37-17-5-2-11-31(37)32-12-3-6-18-38(32)46/h2-5,7,9,11-13,17,19,22,24,28,30,34-36,40-41,44-45H,6,8,10,14-16,18,20-21,23,25-26H2,1H3. The monoisotopic (exact) mass is 623 g/mol. The molecule has 2 aromatic carbocycles. The molecule has 3 aliphatic heterocycles. The van der Waals surface area contributed by atoms with E-state index in [4.69, 9.17) is 0 Å². The fourth-order valence-electron chi connectivity index (χ4n) is 10.7. The molecule has 47 heavy (non-hydrogen) atoms. The van der Waals surface area contributed by atoms with Crippen LogP contribution in [0.5, 0.6) is 0 Å². The summed E-state index contributed by atoms with van der Waals surface area (Å²) in [6.45, 7) is 2.50. The molecule has 8 atom stereocenters. The number of aromatic nitrogens is 1. The van der Waals surface area contributed by atoms with Gasteiger partial charge in [-0.25, -0.2) is 0 Å². The lowest BCUT2D eigenvalue weighted by Crippen LogP contribution is -2.62. The summed E-state index contributed by atoms with van der Waals surface area (Å²) in [5, 5.41) is 19.5. The van der Waals surface area contributed by atoms with E-state index < -0.39 is 0 Å². The number of hydrogen-bond donors (Lipinski definition) is 2. The minimum Gasteiger partial charge on any atom is -0.346 e. The third kappa shape index (κ3) is 4.86. The van der Waals surface area contributed by atoms with Crippen LogP contribution in [-0.2, 0) is 6.42 Å². The highest BCUT2D eigenvalue weighted by Gasteiger charge is 2.51. The van der Waals surface area contributed by atoms with Gasteiger partial charge in [-0.15, -0.1) is 0 Å². The first-order chi connectivity index (χ1) is 23.1. The van der Waals surface area contributed by atoms with Crippen LogP contribution < -0.4 is 15.5 Å². The molecule has 3 aromatic rings. The number of nitrogens with one attached hydrogen (secondary N) is 2. The molecule has 9 rings (SSSR count). The topological polar surface area (TPSA) is 56.0 Å². The molecule has 2 saturated heterocycles. The van der Waals surface area contributed by atoms with Crippen molar-refractivity contribution in [3.05, 3.63) is 95.2 Å². The van der Waals surface area contributed by atoms with Gasteiger partial charge in [0.15, 0.2) is 0 Å². The second kappa shape index (κ2) is 11.8. The molecule has 6 aliphatic rings. The molecular weight excluding hydrogens is 574 g/mol. The first-order valence-electron chi connectivity index (χ1n) is 18.6. The molecular formula is C42H49N5. The summed E-state index contributed by atoms with van der Waals surface area (Å²) in [5.41, 5.74) is 8.80. The number of nitriles is 1. The van der Waals surface area contributed by atoms with Gasteiger partial charge < -0.3 is 14.8 Å². The Morgan fingerprint density at radius 3 is 2.66 bits per heavy atom. The fraction of sp³-hybridized carbons (Fsp3) is 0.500. The number of hydrogen-bond acceptors (Lipinski definition) is 4. The van der Waals surface area contributed by atoms with Crippen LogP contribution in [0.3, 0.4) is 0 Å². The Morgan fingerprint density at radius 1 is 0.894 bits per heavy atom. The molecule has 2 fully saturated rings. The zero-order valence-electron chi connectivity index (χ0n) is 27.9. The van der Waals surface area contributed by atoms with E-state index in [1.165, 1.54) is 65.5 Å². The van der Waals surface area contributed by atoms with Crippen molar-refractivity contribution in [2.45, 2.75) is 120 Å². The predicted molar refractivity (Wildman–Crippen MR) is 192 cm³/mol. The first-order valence-corrected chi connectivity index (χ1v) is 18.6. The number of rotatable bonds is 4. The van der Waals surface area contributed by atoms with Crippen LogP contribution >= 0.6 is 0 Å². The Kier molecular flexibility index (Phi) is 7.43. The second-order valence-electron chi connectivity index (χ2n) is 15.4. The van der Waals surface area contributed by atoms with Gasteiger partial charge in [0.05, 0.1) is 35.4 Å². The minimum absolute atomic E-state index is 0.0281. The molecule has 1 aromatic heterocycles. The SMILES string of the molecule is CC12C=CCCC1c1ccccc1N2C1CC(C2CCCC(C3=CCC(C#N)CC3)N2)CC(n2c3c(c4ccccc42)C=CCC3)N1. The van der Waals surface area contributed by atoms with Crippen molar-refractivity contribution in [2.24, 2.45) is 11.8 Å². The van der Waals surface area contributed by atoms with Crippen molar-refractivity contribution < 1.29 is 0 Å². The molecule has 0 bridgehead atoms. The average Bonchev–Trinajstić information content (AvgIpc) is 3.61. The highest BCUT2D eigenvalue weighted by Crippen LogP contribution is 2.54. The van der Waals surface area contributed by atoms with Gasteiger partial charge >= 0.3 is 0 Å². The molecule has 4 heterocycles. The number of para-hydroxylation sites is 2. The van der Waals surface area contributed by atoms with E-state index in [0.29, 0.717) is 23.9 Å². The van der Waals surface area contributed by atoms with Gasteiger partial charge in [0, 0.05) is 40.3 Å². The Balaban J connectivity index is 1.11. The number of fused-ring (bicyclic) bond motifs is 6. The summed E-state index contributed by atoms with van der Waals surface area (Å²) in [6.07, 6.45) is 26.3. The molecule has 0 spiro atoms. The number of benzene rings is 2. The van der Waals surface area contributed by atoms with Crippen molar-refractivity contribution in [3.63, 3.8) is 0 Å². The Morgan fingerprint density at radius 2 is 1.77 bits per heavy atom. The fourth-order valence-corrected chi connectivity index (χ4v) is 10.7. The van der Waals surface area contributed by atoms with Crippen LogP contribution in [0.25, 0.3) is 17.0 Å². The van der Waals surface area contributed by atoms with E-state index in [0.717, 1.165) is 44.9 Å². The van der Waals surface area contributed by atoms with Gasteiger partial charge in [0.25, 0.3) is 0 Å². The van der Waals surface area contributed by atoms with Gasteiger partial charge in [0.2, 0.25) is 0 Å². The lowest BCUT2D eigenvalue weighted by molar-refractivity contribution is 0.129. The maximum Gasteiger partial charge on any atom is 0.0861 e. The highest BCUT2D eigenvalue weighted by molar-refractivity contribution is 5.92. The zero-order chi connectivity index (χ0) is 31.5. The molecule has 0 amide bonds. The van der Waals surface area contributed by atoms with E-state index in [-0.39, 0.29) is 23.8 Å². The molecule has 242 valence electrons. The van der Waals surface area contributed by atoms with E-state index >= 15 is 0 Å². The Bertz CT molecular complexity index is 1800. The smallest absolute Gasteiger partial charge is 0.0861 e. The molecule has 3 aliphatic carbocycles. The number of nitrogens with zero attached hydrogens (tertiary/aromatic N) is 3. The molecule has 0 saturated carbocycles. The third-order valence-electron chi connectivity index (χ3n) is 12.9. The summed E-state index contributed by atoms with van der Waals surface area (Å²) in [4.78, 5) is 2.81. The van der Waals surface area contributed by atoms with Gasteiger partial charge in [-0.1, -0.05) is 78.8 Å². The normalized spacial score (nSPS) is 34.8. The molecule has 8 unspecified atom stereocenters. The van der Waals surface area contributed by atoms with Gasteiger partial charge in [-0.2, -0.15) is 5.26 Å². The van der Waals surface area contributed by atoms with Crippen molar-refractivity contribution >= 4 is 22.7 Å². The molecule has 5 nitrogen and oxygen atoms in total. The van der Waals surface area contributed by atoms with E-state index in [1.54, 1.807) is 5.57 Å². The largest absolute Gasteiger partial charge is 0.346 e. The van der Waals surface area contributed by atoms with Gasteiger partial charge in [-0.3, -0.25) is 5.32 Å². The first kappa shape index (κ1) is 29.5. The number of piperidine rings is 2.